The van der Waals surface area contributed by atoms with Gasteiger partial charge in [0.25, 0.3) is 0 Å². The second-order valence-electron chi connectivity index (χ2n) is 5.88. The Bertz CT molecular complexity index is 669. The maximum atomic E-state index is 11.3. The largest absolute Gasteiger partial charge is 0.387 e. The minimum Gasteiger partial charge on any atom is -0.387 e. The molecule has 0 heterocycles. The van der Waals surface area contributed by atoms with Gasteiger partial charge in [0, 0.05) is 31.2 Å². The molecule has 1 atom stereocenters. The van der Waals surface area contributed by atoms with Gasteiger partial charge < -0.3 is 20.6 Å². The van der Waals surface area contributed by atoms with Crippen molar-refractivity contribution in [1.29, 1.82) is 0 Å². The Kier molecular flexibility index (Phi) is 6.21. The first-order valence-electron chi connectivity index (χ1n) is 8.08. The average Bonchev–Trinajstić information content (AvgIpc) is 2.60. The van der Waals surface area contributed by atoms with Crippen molar-refractivity contribution in [2.45, 2.75) is 19.4 Å². The van der Waals surface area contributed by atoms with E-state index in [-0.39, 0.29) is 6.04 Å². The molecule has 2 aromatic carbocycles. The summed E-state index contributed by atoms with van der Waals surface area (Å²) in [5.41, 5.74) is 3.97. The van der Waals surface area contributed by atoms with Crippen LogP contribution in [0, 0.1) is 0 Å². The molecule has 2 rings (SSSR count). The zero-order valence-electron chi connectivity index (χ0n) is 14.4. The number of anilines is 3. The SMILES string of the molecule is CCC(Nc1cccc(NC(=O)CO)c1)c1ccc(N(C)C)cc1. The van der Waals surface area contributed by atoms with E-state index in [0.29, 0.717) is 5.69 Å². The number of nitrogens with zero attached hydrogens (tertiary/aromatic N) is 1. The predicted molar refractivity (Wildman–Crippen MR) is 99.6 cm³/mol. The Morgan fingerprint density at radius 2 is 1.79 bits per heavy atom. The molecule has 3 N–H and O–H groups in total. The first-order chi connectivity index (χ1) is 11.5. The summed E-state index contributed by atoms with van der Waals surface area (Å²) in [4.78, 5) is 13.4. The van der Waals surface area contributed by atoms with Crippen LogP contribution in [0.2, 0.25) is 0 Å². The number of carbonyl (C=O) groups is 1. The van der Waals surface area contributed by atoms with E-state index in [1.165, 1.54) is 11.3 Å². The molecule has 0 saturated carbocycles. The monoisotopic (exact) mass is 327 g/mol. The molecule has 0 aliphatic carbocycles. The summed E-state index contributed by atoms with van der Waals surface area (Å²) in [6.45, 7) is 1.61. The predicted octanol–water partition coefficient (Wildman–Crippen LogP) is 3.25. The van der Waals surface area contributed by atoms with E-state index >= 15 is 0 Å². The van der Waals surface area contributed by atoms with Crippen molar-refractivity contribution in [3.05, 3.63) is 54.1 Å². The maximum Gasteiger partial charge on any atom is 0.250 e. The third-order valence-corrected chi connectivity index (χ3v) is 3.85. The Labute approximate surface area is 143 Å². The van der Waals surface area contributed by atoms with Crippen molar-refractivity contribution in [2.75, 3.05) is 36.2 Å². The third-order valence-electron chi connectivity index (χ3n) is 3.85. The van der Waals surface area contributed by atoms with Gasteiger partial charge in [0.05, 0.1) is 6.04 Å². The van der Waals surface area contributed by atoms with Gasteiger partial charge in [-0.05, 0) is 42.3 Å². The summed E-state index contributed by atoms with van der Waals surface area (Å²) in [5, 5.41) is 15.0. The van der Waals surface area contributed by atoms with Crippen LogP contribution in [0.5, 0.6) is 0 Å². The number of aliphatic hydroxyl groups excluding tert-OH is 1. The van der Waals surface area contributed by atoms with Crippen molar-refractivity contribution in [2.24, 2.45) is 0 Å². The second-order valence-corrected chi connectivity index (χ2v) is 5.88. The Morgan fingerprint density at radius 3 is 2.38 bits per heavy atom. The smallest absolute Gasteiger partial charge is 0.250 e. The summed E-state index contributed by atoms with van der Waals surface area (Å²) in [6.07, 6.45) is 0.939. The molecular weight excluding hydrogens is 302 g/mol. The summed E-state index contributed by atoms with van der Waals surface area (Å²) in [5.74, 6) is -0.418. The van der Waals surface area contributed by atoms with Gasteiger partial charge in [-0.2, -0.15) is 0 Å². The molecule has 0 aliphatic heterocycles. The number of carbonyl (C=O) groups excluding carboxylic acids is 1. The van der Waals surface area contributed by atoms with Gasteiger partial charge in [-0.15, -0.1) is 0 Å². The maximum absolute atomic E-state index is 11.3. The fourth-order valence-corrected chi connectivity index (χ4v) is 2.51. The summed E-state index contributed by atoms with van der Waals surface area (Å²) < 4.78 is 0. The molecule has 24 heavy (non-hydrogen) atoms. The first-order valence-corrected chi connectivity index (χ1v) is 8.08. The van der Waals surface area contributed by atoms with E-state index in [9.17, 15) is 4.79 Å². The van der Waals surface area contributed by atoms with Crippen molar-refractivity contribution >= 4 is 23.0 Å². The number of hydrogen-bond acceptors (Lipinski definition) is 4. The van der Waals surface area contributed by atoms with E-state index < -0.39 is 12.5 Å². The highest BCUT2D eigenvalue weighted by Gasteiger charge is 2.10. The van der Waals surface area contributed by atoms with Crippen molar-refractivity contribution in [3.63, 3.8) is 0 Å². The van der Waals surface area contributed by atoms with Crippen molar-refractivity contribution < 1.29 is 9.90 Å². The van der Waals surface area contributed by atoms with E-state index in [1.807, 2.05) is 32.3 Å². The number of nitrogens with one attached hydrogen (secondary N) is 2. The summed E-state index contributed by atoms with van der Waals surface area (Å²) in [7, 11) is 4.05. The lowest BCUT2D eigenvalue weighted by atomic mass is 10.0. The van der Waals surface area contributed by atoms with Crippen LogP contribution in [-0.4, -0.2) is 31.7 Å². The lowest BCUT2D eigenvalue weighted by molar-refractivity contribution is -0.118. The molecule has 1 unspecified atom stereocenters. The highest BCUT2D eigenvalue weighted by molar-refractivity contribution is 5.91. The second kappa shape index (κ2) is 8.36. The Hall–Kier alpha value is -2.53. The average molecular weight is 327 g/mol. The van der Waals surface area contributed by atoms with E-state index in [1.54, 1.807) is 6.07 Å². The molecule has 1 amide bonds. The highest BCUT2D eigenvalue weighted by Crippen LogP contribution is 2.25. The van der Waals surface area contributed by atoms with Crippen LogP contribution < -0.4 is 15.5 Å². The number of rotatable bonds is 7. The minimum atomic E-state index is -0.520. The van der Waals surface area contributed by atoms with Crippen LogP contribution >= 0.6 is 0 Å². The Balaban J connectivity index is 2.12. The van der Waals surface area contributed by atoms with Crippen molar-refractivity contribution in [3.8, 4) is 0 Å². The number of benzene rings is 2. The summed E-state index contributed by atoms with van der Waals surface area (Å²) in [6, 6.07) is 16.2. The third kappa shape index (κ3) is 4.73. The van der Waals surface area contributed by atoms with Gasteiger partial charge >= 0.3 is 0 Å². The first kappa shape index (κ1) is 17.8. The van der Waals surface area contributed by atoms with Gasteiger partial charge in [-0.25, -0.2) is 0 Å². The normalized spacial score (nSPS) is 11.7. The van der Waals surface area contributed by atoms with Crippen LogP contribution in [0.15, 0.2) is 48.5 Å². The summed E-state index contributed by atoms with van der Waals surface area (Å²) >= 11 is 0. The lowest BCUT2D eigenvalue weighted by Gasteiger charge is -2.21. The van der Waals surface area contributed by atoms with Gasteiger partial charge in [-0.1, -0.05) is 25.1 Å². The number of aliphatic hydroxyl groups is 1. The number of amides is 1. The molecule has 0 aliphatic rings. The van der Waals surface area contributed by atoms with Crippen molar-refractivity contribution in [1.82, 2.24) is 0 Å². The van der Waals surface area contributed by atoms with Gasteiger partial charge in [0.1, 0.15) is 6.61 Å². The van der Waals surface area contributed by atoms with Gasteiger partial charge in [-0.3, -0.25) is 4.79 Å². The quantitative estimate of drug-likeness (QED) is 0.730. The van der Waals surface area contributed by atoms with E-state index in [0.717, 1.165) is 12.1 Å². The molecular formula is C19H25N3O2. The van der Waals surface area contributed by atoms with Crippen LogP contribution in [0.25, 0.3) is 0 Å². The van der Waals surface area contributed by atoms with Crippen LogP contribution in [0.1, 0.15) is 24.9 Å². The molecule has 0 radical (unpaired) electrons. The van der Waals surface area contributed by atoms with Crippen LogP contribution in [-0.2, 0) is 4.79 Å². The fourth-order valence-electron chi connectivity index (χ4n) is 2.51. The topological polar surface area (TPSA) is 64.6 Å². The van der Waals surface area contributed by atoms with Gasteiger partial charge in [0.15, 0.2) is 0 Å². The standard InChI is InChI=1S/C19H25N3O2/c1-4-18(14-8-10-17(11-9-14)22(2)3)20-15-6-5-7-16(12-15)21-19(24)13-23/h5-12,18,20,23H,4,13H2,1-3H3,(H,21,24). The molecule has 0 aromatic heterocycles. The number of hydrogen-bond donors (Lipinski definition) is 3. The fraction of sp³-hybridized carbons (Fsp3) is 0.316. The Morgan fingerprint density at radius 1 is 1.12 bits per heavy atom. The zero-order chi connectivity index (χ0) is 17.5. The molecule has 0 spiro atoms. The van der Waals surface area contributed by atoms with Gasteiger partial charge in [0.2, 0.25) is 5.91 Å². The molecule has 5 nitrogen and oxygen atoms in total. The van der Waals surface area contributed by atoms with E-state index in [4.69, 9.17) is 5.11 Å². The highest BCUT2D eigenvalue weighted by atomic mass is 16.3. The molecule has 5 heteroatoms. The molecule has 0 saturated heterocycles. The van der Waals surface area contributed by atoms with Crippen LogP contribution in [0.4, 0.5) is 17.1 Å². The lowest BCUT2D eigenvalue weighted by Crippen LogP contribution is -2.16. The molecule has 128 valence electrons. The zero-order valence-corrected chi connectivity index (χ0v) is 14.4. The minimum absolute atomic E-state index is 0.185. The molecule has 2 aromatic rings. The molecule has 0 fully saturated rings. The van der Waals surface area contributed by atoms with Crippen LogP contribution in [0.3, 0.4) is 0 Å². The van der Waals surface area contributed by atoms with E-state index in [2.05, 4.69) is 46.7 Å². The molecule has 0 bridgehead atoms.